The summed E-state index contributed by atoms with van der Waals surface area (Å²) in [4.78, 5) is 0. The Morgan fingerprint density at radius 1 is 1.57 bits per heavy atom. The predicted molar refractivity (Wildman–Crippen MR) is 29.0 cm³/mol. The number of allylic oxidation sites excluding steroid dienone is 3. The van der Waals surface area contributed by atoms with Crippen LogP contribution in [0.25, 0.3) is 0 Å². The Morgan fingerprint density at radius 3 is 2.71 bits per heavy atom. The van der Waals surface area contributed by atoms with E-state index in [-0.39, 0.29) is 22.8 Å². The van der Waals surface area contributed by atoms with E-state index in [1.165, 1.54) is 5.57 Å². The van der Waals surface area contributed by atoms with Crippen LogP contribution in [-0.4, -0.2) is 3.71 Å². The van der Waals surface area contributed by atoms with Gasteiger partial charge < -0.3 is 0 Å². The molecular formula is C6H7At. The molecule has 0 nitrogen and oxygen atoms in total. The molecule has 0 unspecified atom stereocenters. The van der Waals surface area contributed by atoms with Crippen molar-refractivity contribution in [2.24, 2.45) is 0 Å². The average Bonchev–Trinajstić information content (AvgIpc) is 1.69. The number of rotatable bonds is 0. The normalized spacial score (nSPS) is 18.1. The Balaban J connectivity index is 2.82. The summed E-state index contributed by atoms with van der Waals surface area (Å²) in [6.07, 6.45) is 4.31. The van der Waals surface area contributed by atoms with Crippen molar-refractivity contribution in [3.8, 4) is 0 Å². The molecule has 0 aliphatic carbocycles. The standard InChI is InChI=1S/C6H7At/c1-6-3-2-4-7-5-6/h2-5H,1H3. The van der Waals surface area contributed by atoms with E-state index in [1.54, 1.807) is 0 Å². The van der Waals surface area contributed by atoms with E-state index < -0.39 is 0 Å². The second-order valence-electron chi connectivity index (χ2n) is 1.46. The predicted octanol–water partition coefficient (Wildman–Crippen LogP) is 1.35. The van der Waals surface area contributed by atoms with Crippen LogP contribution < -0.4 is 0 Å². The Hall–Kier alpha value is 0.233. The van der Waals surface area contributed by atoms with Gasteiger partial charge in [0.1, 0.15) is 0 Å². The van der Waals surface area contributed by atoms with E-state index in [1.807, 2.05) is 0 Å². The molecule has 0 N–H and O–H groups in total. The van der Waals surface area contributed by atoms with Crippen molar-refractivity contribution in [3.63, 3.8) is 0 Å². The van der Waals surface area contributed by atoms with Crippen molar-refractivity contribution in [2.45, 2.75) is 6.92 Å². The summed E-state index contributed by atoms with van der Waals surface area (Å²) < 4.78 is 4.66. The van der Waals surface area contributed by atoms with Crippen LogP contribution in [0.5, 0.6) is 0 Å². The maximum atomic E-state index is 2.36. The van der Waals surface area contributed by atoms with Crippen molar-refractivity contribution in [2.75, 3.05) is 0 Å². The van der Waals surface area contributed by atoms with Crippen LogP contribution >= 0.6 is 0 Å². The summed E-state index contributed by atoms with van der Waals surface area (Å²) in [6, 6.07) is 0. The molecule has 0 spiro atoms. The molecular weight excluding hydrogens is 282 g/mol. The molecule has 1 aliphatic heterocycles. The van der Waals surface area contributed by atoms with Gasteiger partial charge in [-0.1, -0.05) is 0 Å². The maximum absolute atomic E-state index is 2.36. The van der Waals surface area contributed by atoms with E-state index in [4.69, 9.17) is 0 Å². The van der Waals surface area contributed by atoms with Gasteiger partial charge in [0.25, 0.3) is 0 Å². The molecule has 1 rings (SSSR count). The van der Waals surface area contributed by atoms with Gasteiger partial charge in [-0.05, 0) is 0 Å². The van der Waals surface area contributed by atoms with Gasteiger partial charge in [-0.15, -0.1) is 0 Å². The molecule has 0 fully saturated rings. The second kappa shape index (κ2) is 2.52. The first-order valence-corrected chi connectivity index (χ1v) is 5.57. The SMILES string of the molecule is CC1=CC=C[At]=C1. The molecule has 0 atom stereocenters. The van der Waals surface area contributed by atoms with E-state index in [0.29, 0.717) is 0 Å². The van der Waals surface area contributed by atoms with Gasteiger partial charge in [0, 0.05) is 0 Å². The average molecular weight is 289 g/mol. The fourth-order valence-electron chi connectivity index (χ4n) is 0.402. The van der Waals surface area contributed by atoms with Gasteiger partial charge in [0.15, 0.2) is 0 Å². The molecule has 7 heavy (non-hydrogen) atoms. The summed E-state index contributed by atoms with van der Waals surface area (Å²) in [6.45, 7) is 2.15. The first-order valence-electron chi connectivity index (χ1n) is 2.18. The van der Waals surface area contributed by atoms with Crippen LogP contribution in [0.15, 0.2) is 21.5 Å². The first kappa shape index (κ1) is 5.37. The van der Waals surface area contributed by atoms with Crippen molar-refractivity contribution in [1.82, 2.24) is 0 Å². The topological polar surface area (TPSA) is 0 Å². The van der Waals surface area contributed by atoms with Gasteiger partial charge in [0.05, 0.1) is 0 Å². The third-order valence-electron chi connectivity index (χ3n) is 0.740. The second-order valence-corrected chi connectivity index (χ2v) is 4.27. The minimum atomic E-state index is -0.0154. The number of hydrogen-bond acceptors (Lipinski definition) is 0. The van der Waals surface area contributed by atoms with Gasteiger partial charge in [-0.2, -0.15) is 0 Å². The Labute approximate surface area is 55.0 Å². The van der Waals surface area contributed by atoms with Crippen molar-refractivity contribution in [3.05, 3.63) is 21.5 Å². The molecule has 1 heterocycles. The molecule has 0 amide bonds. The van der Waals surface area contributed by atoms with Crippen LogP contribution in [0, 0.1) is 22.8 Å². The Bertz CT molecular complexity index is 140. The summed E-state index contributed by atoms with van der Waals surface area (Å²) in [5.74, 6) is 0. The molecule has 0 aromatic heterocycles. The van der Waals surface area contributed by atoms with Crippen molar-refractivity contribution >= 4 is 3.71 Å². The summed E-state index contributed by atoms with van der Waals surface area (Å²) in [5, 5.41) is 0. The van der Waals surface area contributed by atoms with E-state index in [9.17, 15) is 0 Å². The minimum absolute atomic E-state index is 0.0154. The Morgan fingerprint density at radius 2 is 2.43 bits per heavy atom. The van der Waals surface area contributed by atoms with Crippen LogP contribution in [0.4, 0.5) is 0 Å². The molecule has 1 aliphatic rings. The van der Waals surface area contributed by atoms with Crippen molar-refractivity contribution < 1.29 is 22.8 Å². The molecule has 38 valence electrons. The fraction of sp³-hybridized carbons (Fsp3) is 0.167. The summed E-state index contributed by atoms with van der Waals surface area (Å²) >= 11 is -0.0154. The van der Waals surface area contributed by atoms with Crippen LogP contribution in [-0.2, 0) is 0 Å². The van der Waals surface area contributed by atoms with Crippen molar-refractivity contribution in [1.29, 1.82) is 0 Å². The molecule has 0 saturated heterocycles. The van der Waals surface area contributed by atoms with Crippen LogP contribution in [0.2, 0.25) is 0 Å². The van der Waals surface area contributed by atoms with E-state index >= 15 is 0 Å². The zero-order chi connectivity index (χ0) is 5.11. The quantitative estimate of drug-likeness (QED) is 0.631. The summed E-state index contributed by atoms with van der Waals surface area (Å²) in [7, 11) is 0. The van der Waals surface area contributed by atoms with Crippen LogP contribution in [0.1, 0.15) is 6.92 Å². The fourth-order valence-corrected chi connectivity index (χ4v) is 2.35. The molecule has 0 aromatic rings. The molecule has 0 saturated carbocycles. The summed E-state index contributed by atoms with van der Waals surface area (Å²) in [5.41, 5.74) is 1.45. The molecule has 0 aromatic carbocycles. The van der Waals surface area contributed by atoms with E-state index in [0.717, 1.165) is 0 Å². The first-order chi connectivity index (χ1) is 3.39. The zero-order valence-electron chi connectivity index (χ0n) is 4.19. The zero-order valence-corrected chi connectivity index (χ0v) is 7.13. The van der Waals surface area contributed by atoms with Crippen LogP contribution in [0.3, 0.4) is 0 Å². The van der Waals surface area contributed by atoms with Gasteiger partial charge >= 0.3 is 54.9 Å². The third-order valence-corrected chi connectivity index (χ3v) is 3.70. The third kappa shape index (κ3) is 1.65. The number of hydrogen-bond donors (Lipinski definition) is 0. The molecule has 1 heteroatoms. The van der Waals surface area contributed by atoms with Gasteiger partial charge in [0.2, 0.25) is 0 Å². The van der Waals surface area contributed by atoms with E-state index in [2.05, 4.69) is 26.6 Å². The van der Waals surface area contributed by atoms with Gasteiger partial charge in [-0.3, -0.25) is 0 Å². The Kier molecular flexibility index (Phi) is 1.93. The van der Waals surface area contributed by atoms with Gasteiger partial charge in [-0.25, -0.2) is 0 Å². The molecule has 0 radical (unpaired) electrons. The molecule has 0 bridgehead atoms. The monoisotopic (exact) mass is 289 g/mol.